The van der Waals surface area contributed by atoms with Crippen LogP contribution in [-0.2, 0) is 0 Å². The minimum Gasteiger partial charge on any atom is -0.491 e. The molecule has 0 saturated heterocycles. The fourth-order valence-corrected chi connectivity index (χ4v) is 2.25. The first-order chi connectivity index (χ1) is 10.9. The van der Waals surface area contributed by atoms with E-state index in [2.05, 4.69) is 22.2 Å². The molecule has 0 saturated carbocycles. The van der Waals surface area contributed by atoms with E-state index in [4.69, 9.17) is 4.74 Å². The van der Waals surface area contributed by atoms with Gasteiger partial charge in [-0.3, -0.25) is 0 Å². The average molecular weight is 293 g/mol. The van der Waals surface area contributed by atoms with Gasteiger partial charge >= 0.3 is 0 Å². The maximum absolute atomic E-state index is 5.86. The number of fused-ring (bicyclic) bond motifs is 1. The first kappa shape index (κ1) is 14.3. The number of aromatic nitrogens is 2. The third-order valence-electron chi connectivity index (χ3n) is 3.44. The Bertz CT molecular complexity index is 753. The van der Waals surface area contributed by atoms with Crippen molar-refractivity contribution in [3.63, 3.8) is 0 Å². The van der Waals surface area contributed by atoms with Gasteiger partial charge in [0.15, 0.2) is 0 Å². The molecule has 0 radical (unpaired) electrons. The lowest BCUT2D eigenvalue weighted by Crippen LogP contribution is -2.01. The Morgan fingerprint density at radius 1 is 1.00 bits per heavy atom. The van der Waals surface area contributed by atoms with Gasteiger partial charge in [0, 0.05) is 5.39 Å². The van der Waals surface area contributed by atoms with E-state index < -0.39 is 0 Å². The molecule has 0 fully saturated rings. The Labute approximate surface area is 130 Å². The van der Waals surface area contributed by atoms with Crippen molar-refractivity contribution in [2.75, 3.05) is 11.9 Å². The molecule has 0 aliphatic carbocycles. The van der Waals surface area contributed by atoms with E-state index >= 15 is 0 Å². The van der Waals surface area contributed by atoms with Crippen molar-refractivity contribution in [2.45, 2.75) is 19.8 Å². The molecule has 0 bridgehead atoms. The van der Waals surface area contributed by atoms with Crippen LogP contribution in [-0.4, -0.2) is 16.6 Å². The largest absolute Gasteiger partial charge is 0.491 e. The molecule has 112 valence electrons. The van der Waals surface area contributed by atoms with Gasteiger partial charge in [-0.15, -0.1) is 0 Å². The second-order valence-electron chi connectivity index (χ2n) is 5.06. The van der Waals surface area contributed by atoms with Crippen molar-refractivity contribution >= 4 is 22.4 Å². The molecule has 3 aromatic rings. The van der Waals surface area contributed by atoms with E-state index in [9.17, 15) is 0 Å². The van der Waals surface area contributed by atoms with E-state index in [0.717, 1.165) is 47.6 Å². The lowest BCUT2D eigenvalue weighted by molar-refractivity contribution is 0.311. The predicted molar refractivity (Wildman–Crippen MR) is 89.7 cm³/mol. The van der Waals surface area contributed by atoms with Crippen LogP contribution in [0.2, 0.25) is 0 Å². The molecule has 1 aromatic heterocycles. The van der Waals surface area contributed by atoms with E-state index in [1.807, 2.05) is 48.5 Å². The summed E-state index contributed by atoms with van der Waals surface area (Å²) in [6.45, 7) is 2.88. The van der Waals surface area contributed by atoms with Gasteiger partial charge < -0.3 is 10.1 Å². The zero-order chi connectivity index (χ0) is 15.2. The third kappa shape index (κ3) is 3.17. The number of hydrogen-bond donors (Lipinski definition) is 1. The molecular weight excluding hydrogens is 274 g/mol. The molecule has 2 aromatic carbocycles. The molecule has 4 nitrogen and oxygen atoms in total. The lowest BCUT2D eigenvalue weighted by atomic mass is 10.2. The molecular formula is C18H19N3O. The van der Waals surface area contributed by atoms with Crippen molar-refractivity contribution in [3.05, 3.63) is 54.9 Å². The van der Waals surface area contributed by atoms with Crippen LogP contribution in [0.4, 0.5) is 11.5 Å². The first-order valence-corrected chi connectivity index (χ1v) is 7.57. The van der Waals surface area contributed by atoms with Crippen LogP contribution in [0.15, 0.2) is 54.9 Å². The summed E-state index contributed by atoms with van der Waals surface area (Å²) in [5, 5.41) is 4.36. The first-order valence-electron chi connectivity index (χ1n) is 7.57. The summed E-state index contributed by atoms with van der Waals surface area (Å²) in [6, 6.07) is 15.9. The fraction of sp³-hybridized carbons (Fsp3) is 0.222. The van der Waals surface area contributed by atoms with E-state index in [1.54, 1.807) is 6.33 Å². The molecule has 0 aliphatic rings. The topological polar surface area (TPSA) is 47.0 Å². The molecule has 0 spiro atoms. The summed E-state index contributed by atoms with van der Waals surface area (Å²) in [7, 11) is 0. The highest BCUT2D eigenvalue weighted by Crippen LogP contribution is 2.29. The molecule has 0 aliphatic heterocycles. The Morgan fingerprint density at radius 3 is 2.73 bits per heavy atom. The van der Waals surface area contributed by atoms with Crippen LogP contribution in [0.5, 0.6) is 5.75 Å². The summed E-state index contributed by atoms with van der Waals surface area (Å²) in [6.07, 6.45) is 3.74. The number of nitrogens with one attached hydrogen (secondary N) is 1. The number of rotatable bonds is 6. The van der Waals surface area contributed by atoms with Crippen LogP contribution in [0.25, 0.3) is 10.9 Å². The maximum atomic E-state index is 5.86. The molecule has 0 unspecified atom stereocenters. The number of anilines is 2. The molecule has 22 heavy (non-hydrogen) atoms. The smallest absolute Gasteiger partial charge is 0.142 e. The number of nitrogens with zero attached hydrogens (tertiary/aromatic N) is 2. The second kappa shape index (κ2) is 6.89. The third-order valence-corrected chi connectivity index (χ3v) is 3.44. The number of ether oxygens (including phenoxy) is 1. The number of unbranched alkanes of at least 4 members (excludes halogenated alkanes) is 1. The number of hydrogen-bond acceptors (Lipinski definition) is 4. The summed E-state index contributed by atoms with van der Waals surface area (Å²) in [4.78, 5) is 8.65. The van der Waals surface area contributed by atoms with Crippen molar-refractivity contribution in [1.29, 1.82) is 0 Å². The molecule has 0 amide bonds. The monoisotopic (exact) mass is 293 g/mol. The second-order valence-corrected chi connectivity index (χ2v) is 5.06. The highest BCUT2D eigenvalue weighted by atomic mass is 16.5. The highest BCUT2D eigenvalue weighted by molar-refractivity contribution is 5.90. The Hall–Kier alpha value is -2.62. The molecule has 1 N–H and O–H groups in total. The predicted octanol–water partition coefficient (Wildman–Crippen LogP) is 4.55. The summed E-state index contributed by atoms with van der Waals surface area (Å²) >= 11 is 0. The van der Waals surface area contributed by atoms with Crippen LogP contribution in [0.1, 0.15) is 19.8 Å². The summed E-state index contributed by atoms with van der Waals surface area (Å²) in [5.74, 6) is 1.63. The van der Waals surface area contributed by atoms with Gasteiger partial charge in [-0.2, -0.15) is 0 Å². The summed E-state index contributed by atoms with van der Waals surface area (Å²) < 4.78 is 5.86. The zero-order valence-corrected chi connectivity index (χ0v) is 12.6. The fourth-order valence-electron chi connectivity index (χ4n) is 2.25. The average Bonchev–Trinajstić information content (AvgIpc) is 2.57. The van der Waals surface area contributed by atoms with Gasteiger partial charge in [0.2, 0.25) is 0 Å². The van der Waals surface area contributed by atoms with Gasteiger partial charge in [0.25, 0.3) is 0 Å². The minimum atomic E-state index is 0.722. The van der Waals surface area contributed by atoms with Gasteiger partial charge in [-0.1, -0.05) is 37.6 Å². The van der Waals surface area contributed by atoms with Gasteiger partial charge in [-0.25, -0.2) is 9.97 Å². The van der Waals surface area contributed by atoms with Crippen molar-refractivity contribution in [3.8, 4) is 5.75 Å². The van der Waals surface area contributed by atoms with Crippen LogP contribution in [0, 0.1) is 0 Å². The van der Waals surface area contributed by atoms with Crippen LogP contribution < -0.4 is 10.1 Å². The SMILES string of the molecule is CCCCOc1ccccc1Nc1ncnc2ccccc12. The Morgan fingerprint density at radius 2 is 1.82 bits per heavy atom. The zero-order valence-electron chi connectivity index (χ0n) is 12.6. The normalized spacial score (nSPS) is 10.6. The van der Waals surface area contributed by atoms with Crippen LogP contribution >= 0.6 is 0 Å². The molecule has 4 heteroatoms. The van der Waals surface area contributed by atoms with Gasteiger partial charge in [0.05, 0.1) is 17.8 Å². The molecule has 3 rings (SSSR count). The Kier molecular flexibility index (Phi) is 4.49. The Balaban J connectivity index is 1.89. The molecule has 0 atom stereocenters. The quantitative estimate of drug-likeness (QED) is 0.677. The van der Waals surface area contributed by atoms with E-state index in [1.165, 1.54) is 0 Å². The standard InChI is InChI=1S/C18H19N3O/c1-2-3-12-22-17-11-7-6-10-16(17)21-18-14-8-4-5-9-15(14)19-13-20-18/h4-11,13H,2-3,12H2,1H3,(H,19,20,21). The van der Waals surface area contributed by atoms with Gasteiger partial charge in [0.1, 0.15) is 17.9 Å². The summed E-state index contributed by atoms with van der Waals surface area (Å²) in [5.41, 5.74) is 1.84. The van der Waals surface area contributed by atoms with E-state index in [0.29, 0.717) is 0 Å². The van der Waals surface area contributed by atoms with Crippen LogP contribution in [0.3, 0.4) is 0 Å². The molecule has 1 heterocycles. The number of para-hydroxylation sites is 3. The minimum absolute atomic E-state index is 0.722. The van der Waals surface area contributed by atoms with E-state index in [-0.39, 0.29) is 0 Å². The number of benzene rings is 2. The van der Waals surface area contributed by atoms with Crippen molar-refractivity contribution < 1.29 is 4.74 Å². The lowest BCUT2D eigenvalue weighted by Gasteiger charge is -2.13. The highest BCUT2D eigenvalue weighted by Gasteiger charge is 2.07. The van der Waals surface area contributed by atoms with Gasteiger partial charge in [-0.05, 0) is 30.7 Å². The van der Waals surface area contributed by atoms with Crippen molar-refractivity contribution in [2.24, 2.45) is 0 Å². The van der Waals surface area contributed by atoms with Crippen molar-refractivity contribution in [1.82, 2.24) is 9.97 Å². The maximum Gasteiger partial charge on any atom is 0.142 e.